The van der Waals surface area contributed by atoms with Gasteiger partial charge in [0.15, 0.2) is 6.79 Å². The van der Waals surface area contributed by atoms with E-state index in [0.717, 1.165) is 0 Å². The highest BCUT2D eigenvalue weighted by Gasteiger charge is 2.06. The average molecular weight is 198 g/mol. The molecule has 0 aliphatic rings. The number of benzene rings is 1. The van der Waals surface area contributed by atoms with Gasteiger partial charge in [-0.3, -0.25) is 0 Å². The number of hydrogen-bond donors (Lipinski definition) is 2. The maximum Gasteiger partial charge on any atom is 0.188 e. The summed E-state index contributed by atoms with van der Waals surface area (Å²) in [5, 5.41) is 18.1. The third-order valence-corrected chi connectivity index (χ3v) is 1.76. The van der Waals surface area contributed by atoms with E-state index < -0.39 is 6.10 Å². The Hall–Kier alpha value is -1.10. The third-order valence-electron chi connectivity index (χ3n) is 1.76. The van der Waals surface area contributed by atoms with Gasteiger partial charge in [0.05, 0.1) is 6.61 Å². The van der Waals surface area contributed by atoms with Crippen LogP contribution >= 0.6 is 0 Å². The molecule has 0 saturated heterocycles. The highest BCUT2D eigenvalue weighted by molar-refractivity contribution is 5.29. The van der Waals surface area contributed by atoms with Crippen LogP contribution in [-0.4, -0.2) is 30.7 Å². The molecule has 0 heterocycles. The van der Waals surface area contributed by atoms with Gasteiger partial charge in [0.25, 0.3) is 0 Å². The Morgan fingerprint density at radius 3 is 2.86 bits per heavy atom. The van der Waals surface area contributed by atoms with Gasteiger partial charge in [-0.25, -0.2) is 0 Å². The molecule has 0 radical (unpaired) electrons. The fraction of sp³-hybridized carbons (Fsp3) is 0.400. The second kappa shape index (κ2) is 5.59. The Bertz CT molecular complexity index is 275. The molecule has 1 aromatic carbocycles. The van der Waals surface area contributed by atoms with Crippen LogP contribution in [0.3, 0.4) is 0 Å². The van der Waals surface area contributed by atoms with Crippen molar-refractivity contribution in [2.45, 2.75) is 6.10 Å². The number of ether oxygens (including phenoxy) is 2. The van der Waals surface area contributed by atoms with Crippen molar-refractivity contribution in [3.05, 3.63) is 29.8 Å². The molecule has 0 bridgehead atoms. The third kappa shape index (κ3) is 2.99. The Kier molecular flexibility index (Phi) is 4.39. The summed E-state index contributed by atoms with van der Waals surface area (Å²) >= 11 is 0. The number of methoxy groups -OCH3 is 1. The number of aliphatic hydroxyl groups is 2. The molecule has 0 amide bonds. The van der Waals surface area contributed by atoms with Crippen LogP contribution in [0.25, 0.3) is 0 Å². The fourth-order valence-corrected chi connectivity index (χ4v) is 1.04. The minimum atomic E-state index is -0.860. The molecule has 1 rings (SSSR count). The lowest BCUT2D eigenvalue weighted by molar-refractivity contribution is 0.0505. The molecule has 14 heavy (non-hydrogen) atoms. The number of rotatable bonds is 5. The van der Waals surface area contributed by atoms with Crippen LogP contribution < -0.4 is 4.74 Å². The summed E-state index contributed by atoms with van der Waals surface area (Å²) in [6.45, 7) is -0.133. The van der Waals surface area contributed by atoms with Crippen molar-refractivity contribution in [3.8, 4) is 5.75 Å². The topological polar surface area (TPSA) is 58.9 Å². The average Bonchev–Trinajstić information content (AvgIpc) is 2.25. The van der Waals surface area contributed by atoms with Crippen LogP contribution in [-0.2, 0) is 4.74 Å². The van der Waals surface area contributed by atoms with Gasteiger partial charge in [-0.2, -0.15) is 0 Å². The van der Waals surface area contributed by atoms with Crippen molar-refractivity contribution in [2.24, 2.45) is 0 Å². The molecular formula is C10H14O4. The van der Waals surface area contributed by atoms with Gasteiger partial charge in [-0.05, 0) is 17.7 Å². The summed E-state index contributed by atoms with van der Waals surface area (Å²) in [5.74, 6) is 0.608. The second-order valence-corrected chi connectivity index (χ2v) is 2.82. The van der Waals surface area contributed by atoms with Crippen molar-refractivity contribution in [3.63, 3.8) is 0 Å². The van der Waals surface area contributed by atoms with E-state index in [9.17, 15) is 5.11 Å². The predicted molar refractivity (Wildman–Crippen MR) is 51.0 cm³/mol. The van der Waals surface area contributed by atoms with Crippen LogP contribution in [0, 0.1) is 0 Å². The van der Waals surface area contributed by atoms with Crippen LogP contribution in [0.4, 0.5) is 0 Å². The zero-order valence-corrected chi connectivity index (χ0v) is 8.01. The molecule has 0 unspecified atom stereocenters. The van der Waals surface area contributed by atoms with Gasteiger partial charge < -0.3 is 19.7 Å². The Labute approximate surface area is 82.7 Å². The van der Waals surface area contributed by atoms with E-state index in [1.165, 1.54) is 7.11 Å². The van der Waals surface area contributed by atoms with Crippen LogP contribution in [0.2, 0.25) is 0 Å². The van der Waals surface area contributed by atoms with Crippen molar-refractivity contribution in [1.82, 2.24) is 0 Å². The van der Waals surface area contributed by atoms with E-state index in [1.54, 1.807) is 24.3 Å². The minimum absolute atomic E-state index is 0.165. The van der Waals surface area contributed by atoms with Crippen molar-refractivity contribution in [1.29, 1.82) is 0 Å². The quantitative estimate of drug-likeness (QED) is 0.683. The van der Waals surface area contributed by atoms with E-state index in [2.05, 4.69) is 0 Å². The second-order valence-electron chi connectivity index (χ2n) is 2.82. The lowest BCUT2D eigenvalue weighted by Gasteiger charge is -2.09. The van der Waals surface area contributed by atoms with E-state index in [1.807, 2.05) is 0 Å². The smallest absolute Gasteiger partial charge is 0.188 e. The Morgan fingerprint density at radius 2 is 2.21 bits per heavy atom. The van der Waals surface area contributed by atoms with Crippen LogP contribution in [0.5, 0.6) is 5.75 Å². The van der Waals surface area contributed by atoms with E-state index in [-0.39, 0.29) is 13.4 Å². The first-order valence-corrected chi connectivity index (χ1v) is 4.28. The van der Waals surface area contributed by atoms with Crippen LogP contribution in [0.15, 0.2) is 24.3 Å². The zero-order valence-electron chi connectivity index (χ0n) is 8.01. The van der Waals surface area contributed by atoms with Gasteiger partial charge in [0.1, 0.15) is 11.9 Å². The first kappa shape index (κ1) is 11.0. The molecule has 0 aliphatic carbocycles. The summed E-state index contributed by atoms with van der Waals surface area (Å²) < 4.78 is 9.91. The summed E-state index contributed by atoms with van der Waals surface area (Å²) in [5.41, 5.74) is 0.626. The maximum absolute atomic E-state index is 9.34. The molecule has 4 nitrogen and oxygen atoms in total. The Balaban J connectivity index is 2.68. The summed E-state index contributed by atoms with van der Waals surface area (Å²) in [6, 6.07) is 6.90. The first-order valence-electron chi connectivity index (χ1n) is 4.28. The number of aliphatic hydroxyl groups excluding tert-OH is 2. The molecule has 4 heteroatoms. The highest BCUT2D eigenvalue weighted by Crippen LogP contribution is 2.18. The molecule has 0 aliphatic heterocycles. The van der Waals surface area contributed by atoms with Crippen molar-refractivity contribution < 1.29 is 19.7 Å². The monoisotopic (exact) mass is 198 g/mol. The largest absolute Gasteiger partial charge is 0.468 e. The SMILES string of the molecule is COCOc1cccc([C@H](O)CO)c1. The van der Waals surface area contributed by atoms with E-state index in [0.29, 0.717) is 11.3 Å². The molecule has 1 aromatic rings. The fourth-order valence-electron chi connectivity index (χ4n) is 1.04. The summed E-state index contributed by atoms with van der Waals surface area (Å²) in [4.78, 5) is 0. The van der Waals surface area contributed by atoms with Gasteiger partial charge in [0, 0.05) is 7.11 Å². The lowest BCUT2D eigenvalue weighted by atomic mass is 10.1. The van der Waals surface area contributed by atoms with Crippen molar-refractivity contribution in [2.75, 3.05) is 20.5 Å². The normalized spacial score (nSPS) is 12.5. The van der Waals surface area contributed by atoms with Gasteiger partial charge in [-0.15, -0.1) is 0 Å². The van der Waals surface area contributed by atoms with Gasteiger partial charge in [0.2, 0.25) is 0 Å². The molecule has 78 valence electrons. The molecule has 1 atom stereocenters. The van der Waals surface area contributed by atoms with E-state index >= 15 is 0 Å². The van der Waals surface area contributed by atoms with Crippen molar-refractivity contribution >= 4 is 0 Å². The molecule has 0 spiro atoms. The predicted octanol–water partition coefficient (Wildman–Crippen LogP) is 0.695. The Morgan fingerprint density at radius 1 is 1.43 bits per heavy atom. The maximum atomic E-state index is 9.34. The summed E-state index contributed by atoms with van der Waals surface area (Å²) in [6.07, 6.45) is -0.860. The molecule has 2 N–H and O–H groups in total. The molecular weight excluding hydrogens is 184 g/mol. The minimum Gasteiger partial charge on any atom is -0.468 e. The summed E-state index contributed by atoms with van der Waals surface area (Å²) in [7, 11) is 1.53. The van der Waals surface area contributed by atoms with Gasteiger partial charge >= 0.3 is 0 Å². The van der Waals surface area contributed by atoms with Crippen LogP contribution in [0.1, 0.15) is 11.7 Å². The highest BCUT2D eigenvalue weighted by atomic mass is 16.7. The number of hydrogen-bond acceptors (Lipinski definition) is 4. The lowest BCUT2D eigenvalue weighted by Crippen LogP contribution is -2.04. The molecule has 0 fully saturated rings. The van der Waals surface area contributed by atoms with E-state index in [4.69, 9.17) is 14.6 Å². The molecule has 0 aromatic heterocycles. The first-order chi connectivity index (χ1) is 6.77. The molecule has 0 saturated carbocycles. The standard InChI is InChI=1S/C10H14O4/c1-13-7-14-9-4-2-3-8(5-9)10(12)6-11/h2-5,10-12H,6-7H2,1H3/t10-/m1/s1. The van der Waals surface area contributed by atoms with Gasteiger partial charge in [-0.1, -0.05) is 12.1 Å². The zero-order chi connectivity index (χ0) is 10.4.